The molecule has 114 valence electrons. The number of carbonyl (C=O) groups excluding carboxylic acids is 1. The van der Waals surface area contributed by atoms with Crippen molar-refractivity contribution in [3.63, 3.8) is 0 Å². The summed E-state index contributed by atoms with van der Waals surface area (Å²) in [6, 6.07) is 6.64. The number of fused-ring (bicyclic) bond motifs is 1. The highest BCUT2D eigenvalue weighted by molar-refractivity contribution is 7.13. The number of thiazole rings is 1. The first-order valence-corrected chi connectivity index (χ1v) is 8.49. The third-order valence-electron chi connectivity index (χ3n) is 4.45. The predicted octanol–water partition coefficient (Wildman–Crippen LogP) is 2.95. The summed E-state index contributed by atoms with van der Waals surface area (Å²) in [5.41, 5.74) is 10.2. The highest BCUT2D eigenvalue weighted by Gasteiger charge is 2.29. The number of hydrogen-bond donors (Lipinski definition) is 2. The summed E-state index contributed by atoms with van der Waals surface area (Å²) in [5.74, 6) is 0.109. The predicted molar refractivity (Wildman–Crippen MR) is 89.2 cm³/mol. The van der Waals surface area contributed by atoms with Gasteiger partial charge >= 0.3 is 0 Å². The van der Waals surface area contributed by atoms with Gasteiger partial charge in [0, 0.05) is 29.7 Å². The quantitative estimate of drug-likeness (QED) is 0.894. The number of hydrogen-bond acceptors (Lipinski definition) is 5. The standard InChI is InChI=1S/C16H18N4OS/c17-16-19-13(9-22-16)14-2-1-7-20(14)11-4-5-12-10(8-11)3-6-15(21)18-12/h4-5,8-9,14H,1-3,6-7H2,(H2,17,19)(H,18,21). The Morgan fingerprint density at radius 2 is 2.27 bits per heavy atom. The average molecular weight is 314 g/mol. The SMILES string of the molecule is Nc1nc(C2CCCN2c2ccc3c(c2)CCC(=O)N3)cs1. The lowest BCUT2D eigenvalue weighted by Crippen LogP contribution is -2.24. The van der Waals surface area contributed by atoms with Crippen LogP contribution in [0.3, 0.4) is 0 Å². The molecule has 1 fully saturated rings. The van der Waals surface area contributed by atoms with Crippen molar-refractivity contribution in [1.82, 2.24) is 4.98 Å². The van der Waals surface area contributed by atoms with Gasteiger partial charge in [-0.05, 0) is 43.0 Å². The molecule has 1 amide bonds. The molecule has 0 aliphatic carbocycles. The Morgan fingerprint density at radius 1 is 1.36 bits per heavy atom. The normalized spacial score (nSPS) is 20.8. The minimum Gasteiger partial charge on any atom is -0.375 e. The molecule has 22 heavy (non-hydrogen) atoms. The monoisotopic (exact) mass is 314 g/mol. The maximum absolute atomic E-state index is 11.5. The van der Waals surface area contributed by atoms with Crippen LogP contribution in [0.25, 0.3) is 0 Å². The van der Waals surface area contributed by atoms with Crippen molar-refractivity contribution in [3.05, 3.63) is 34.8 Å². The second-order valence-electron chi connectivity index (χ2n) is 5.85. The Balaban J connectivity index is 1.65. The van der Waals surface area contributed by atoms with Crippen LogP contribution in [0.5, 0.6) is 0 Å². The Hall–Kier alpha value is -2.08. The summed E-state index contributed by atoms with van der Waals surface area (Å²) in [6.07, 6.45) is 3.66. The molecule has 5 nitrogen and oxygen atoms in total. The lowest BCUT2D eigenvalue weighted by Gasteiger charge is -2.27. The van der Waals surface area contributed by atoms with Gasteiger partial charge in [-0.15, -0.1) is 11.3 Å². The van der Waals surface area contributed by atoms with E-state index in [1.54, 1.807) is 0 Å². The maximum atomic E-state index is 11.5. The third-order valence-corrected chi connectivity index (χ3v) is 5.14. The van der Waals surface area contributed by atoms with E-state index in [1.165, 1.54) is 22.6 Å². The summed E-state index contributed by atoms with van der Waals surface area (Å²) < 4.78 is 0. The lowest BCUT2D eigenvalue weighted by atomic mass is 10.0. The molecular formula is C16H18N4OS. The second-order valence-corrected chi connectivity index (χ2v) is 6.74. The van der Waals surface area contributed by atoms with E-state index in [2.05, 4.69) is 32.7 Å². The molecule has 2 aromatic rings. The largest absolute Gasteiger partial charge is 0.375 e. The number of aryl methyl sites for hydroxylation is 1. The molecule has 3 heterocycles. The van der Waals surface area contributed by atoms with Gasteiger partial charge in [0.2, 0.25) is 5.91 Å². The van der Waals surface area contributed by atoms with Crippen molar-refractivity contribution >= 4 is 33.8 Å². The van der Waals surface area contributed by atoms with Gasteiger partial charge in [0.25, 0.3) is 0 Å². The van der Waals surface area contributed by atoms with Crippen LogP contribution in [0.2, 0.25) is 0 Å². The summed E-state index contributed by atoms with van der Waals surface area (Å²) in [4.78, 5) is 18.3. The van der Waals surface area contributed by atoms with Crippen molar-refractivity contribution < 1.29 is 4.79 Å². The van der Waals surface area contributed by atoms with E-state index in [9.17, 15) is 4.79 Å². The van der Waals surface area contributed by atoms with Gasteiger partial charge in [0.1, 0.15) is 0 Å². The molecule has 0 spiro atoms. The van der Waals surface area contributed by atoms with Crippen LogP contribution < -0.4 is 16.0 Å². The number of benzene rings is 1. The van der Waals surface area contributed by atoms with Crippen LogP contribution in [0.15, 0.2) is 23.6 Å². The van der Waals surface area contributed by atoms with Gasteiger partial charge in [-0.1, -0.05) is 0 Å². The first-order valence-electron chi connectivity index (χ1n) is 7.61. The Bertz CT molecular complexity index is 727. The molecule has 3 N–H and O–H groups in total. The van der Waals surface area contributed by atoms with E-state index in [0.717, 1.165) is 37.2 Å². The Morgan fingerprint density at radius 3 is 3.09 bits per heavy atom. The van der Waals surface area contributed by atoms with E-state index < -0.39 is 0 Å². The average Bonchev–Trinajstić information content (AvgIpc) is 3.15. The highest BCUT2D eigenvalue weighted by atomic mass is 32.1. The van der Waals surface area contributed by atoms with E-state index in [-0.39, 0.29) is 5.91 Å². The zero-order valence-electron chi connectivity index (χ0n) is 12.2. The lowest BCUT2D eigenvalue weighted by molar-refractivity contribution is -0.116. The highest BCUT2D eigenvalue weighted by Crippen LogP contribution is 2.38. The number of nitrogens with two attached hydrogens (primary N) is 1. The summed E-state index contributed by atoms with van der Waals surface area (Å²) in [6.45, 7) is 1.03. The van der Waals surface area contributed by atoms with Crippen LogP contribution in [-0.4, -0.2) is 17.4 Å². The number of aromatic nitrogens is 1. The maximum Gasteiger partial charge on any atom is 0.224 e. The van der Waals surface area contributed by atoms with Crippen LogP contribution >= 0.6 is 11.3 Å². The van der Waals surface area contributed by atoms with E-state index in [1.807, 2.05) is 6.07 Å². The van der Waals surface area contributed by atoms with Crippen molar-refractivity contribution in [2.45, 2.75) is 31.7 Å². The molecule has 0 bridgehead atoms. The van der Waals surface area contributed by atoms with Crippen molar-refractivity contribution in [3.8, 4) is 0 Å². The van der Waals surface area contributed by atoms with Crippen LogP contribution in [-0.2, 0) is 11.2 Å². The van der Waals surface area contributed by atoms with Gasteiger partial charge in [-0.3, -0.25) is 4.79 Å². The van der Waals surface area contributed by atoms with Crippen molar-refractivity contribution in [2.24, 2.45) is 0 Å². The third kappa shape index (κ3) is 2.33. The first kappa shape index (κ1) is 13.6. The van der Waals surface area contributed by atoms with E-state index >= 15 is 0 Å². The van der Waals surface area contributed by atoms with Gasteiger partial charge in [0.05, 0.1) is 11.7 Å². The summed E-state index contributed by atoms with van der Waals surface area (Å²) in [5, 5.41) is 5.64. The molecular weight excluding hydrogens is 296 g/mol. The Kier molecular flexibility index (Phi) is 3.26. The number of nitrogens with one attached hydrogen (secondary N) is 1. The molecule has 6 heteroatoms. The second kappa shape index (κ2) is 5.28. The van der Waals surface area contributed by atoms with Crippen LogP contribution in [0, 0.1) is 0 Å². The number of amides is 1. The molecule has 0 saturated carbocycles. The number of nitrogens with zero attached hydrogens (tertiary/aromatic N) is 2. The van der Waals surface area contributed by atoms with Gasteiger partial charge < -0.3 is 16.0 Å². The molecule has 1 saturated heterocycles. The molecule has 4 rings (SSSR count). The smallest absolute Gasteiger partial charge is 0.224 e. The number of carbonyl (C=O) groups is 1. The fourth-order valence-corrected chi connectivity index (χ4v) is 3.99. The number of nitrogen functional groups attached to an aromatic ring is 1. The molecule has 1 aromatic heterocycles. The zero-order valence-corrected chi connectivity index (χ0v) is 13.0. The molecule has 1 unspecified atom stereocenters. The number of anilines is 3. The first-order chi connectivity index (χ1) is 10.7. The molecule has 2 aliphatic heterocycles. The molecule has 0 radical (unpaired) electrons. The van der Waals surface area contributed by atoms with E-state index in [4.69, 9.17) is 5.73 Å². The molecule has 2 aliphatic rings. The minimum atomic E-state index is 0.109. The minimum absolute atomic E-state index is 0.109. The Labute approximate surface area is 133 Å². The molecule has 1 aromatic carbocycles. The van der Waals surface area contributed by atoms with Gasteiger partial charge in [0.15, 0.2) is 5.13 Å². The van der Waals surface area contributed by atoms with Crippen LogP contribution in [0.1, 0.15) is 36.6 Å². The summed E-state index contributed by atoms with van der Waals surface area (Å²) >= 11 is 1.50. The summed E-state index contributed by atoms with van der Waals surface area (Å²) in [7, 11) is 0. The van der Waals surface area contributed by atoms with Crippen molar-refractivity contribution in [2.75, 3.05) is 22.5 Å². The van der Waals surface area contributed by atoms with Crippen molar-refractivity contribution in [1.29, 1.82) is 0 Å². The topological polar surface area (TPSA) is 71.2 Å². The van der Waals surface area contributed by atoms with Gasteiger partial charge in [-0.25, -0.2) is 4.98 Å². The fraction of sp³-hybridized carbons (Fsp3) is 0.375. The number of rotatable bonds is 2. The molecule has 1 atom stereocenters. The zero-order chi connectivity index (χ0) is 15.1. The van der Waals surface area contributed by atoms with Gasteiger partial charge in [-0.2, -0.15) is 0 Å². The van der Waals surface area contributed by atoms with Crippen LogP contribution in [0.4, 0.5) is 16.5 Å². The van der Waals surface area contributed by atoms with E-state index in [0.29, 0.717) is 17.6 Å². The fourth-order valence-electron chi connectivity index (χ4n) is 3.39.